The van der Waals surface area contributed by atoms with Crippen LogP contribution in [0.2, 0.25) is 0 Å². The van der Waals surface area contributed by atoms with E-state index in [4.69, 9.17) is 9.79 Å². The molecule has 0 saturated carbocycles. The summed E-state index contributed by atoms with van der Waals surface area (Å²) in [5, 5.41) is -0.0247. The molecule has 1 atom stereocenters. The second-order valence-corrected chi connectivity index (χ2v) is 7.01. The van der Waals surface area contributed by atoms with Crippen molar-refractivity contribution >= 4 is 17.7 Å². The summed E-state index contributed by atoms with van der Waals surface area (Å²) in [5.41, 5.74) is 0. The van der Waals surface area contributed by atoms with E-state index in [2.05, 4.69) is 0 Å². The van der Waals surface area contributed by atoms with Crippen molar-refractivity contribution in [2.45, 2.75) is 32.4 Å². The first-order valence-electron chi connectivity index (χ1n) is 3.54. The van der Waals surface area contributed by atoms with Crippen molar-refractivity contribution in [3.63, 3.8) is 0 Å². The minimum atomic E-state index is -4.11. The fourth-order valence-corrected chi connectivity index (χ4v) is 3.50. The molecule has 0 heterocycles. The van der Waals surface area contributed by atoms with Gasteiger partial charge in [0.15, 0.2) is 5.25 Å². The van der Waals surface area contributed by atoms with Crippen molar-refractivity contribution in [3.05, 3.63) is 0 Å². The van der Waals surface area contributed by atoms with E-state index in [1.165, 1.54) is 0 Å². The van der Waals surface area contributed by atoms with Crippen LogP contribution in [0.25, 0.3) is 0 Å². The van der Waals surface area contributed by atoms with Crippen molar-refractivity contribution in [1.29, 1.82) is 0 Å². The Morgan fingerprint density at radius 3 is 2.09 bits per heavy atom. The number of hydrogen-bond acceptors (Lipinski definition) is 0. The van der Waals surface area contributed by atoms with E-state index in [-0.39, 0.29) is 5.25 Å². The van der Waals surface area contributed by atoms with Crippen LogP contribution in [-0.4, -0.2) is 15.0 Å². The minimum absolute atomic E-state index is 0.0247. The van der Waals surface area contributed by atoms with Crippen LogP contribution in [0.1, 0.15) is 27.2 Å². The zero-order chi connectivity index (χ0) is 9.07. The number of halogens is 1. The average Bonchev–Trinajstić information content (AvgIpc) is 1.53. The maximum Gasteiger partial charge on any atom is 0.557 e. The lowest BCUT2D eigenvalue weighted by atomic mass is 10.1. The van der Waals surface area contributed by atoms with Crippen LogP contribution in [0.3, 0.4) is 0 Å². The molecule has 1 unspecified atom stereocenters. The monoisotopic (exact) mass is 201 g/mol. The highest BCUT2D eigenvalue weighted by Crippen LogP contribution is 2.40. The first kappa shape index (κ1) is 11.5. The van der Waals surface area contributed by atoms with Gasteiger partial charge in [0, 0.05) is 6.42 Å². The Hall–Kier alpha value is 0.500. The molecule has 0 saturated heterocycles. The maximum atomic E-state index is 12.3. The lowest BCUT2D eigenvalue weighted by Crippen LogP contribution is -2.04. The van der Waals surface area contributed by atoms with E-state index in [0.717, 1.165) is 6.42 Å². The lowest BCUT2D eigenvalue weighted by Gasteiger charge is -2.00. The molecule has 0 radical (unpaired) electrons. The van der Waals surface area contributed by atoms with Crippen LogP contribution >= 0.6 is 6.80 Å². The molecule has 0 aromatic heterocycles. The molecule has 0 spiro atoms. The number of rotatable bonds is 3. The van der Waals surface area contributed by atoms with Gasteiger partial charge in [-0.05, 0) is 12.8 Å². The van der Waals surface area contributed by atoms with Crippen molar-refractivity contribution < 1.29 is 14.0 Å². The van der Waals surface area contributed by atoms with Crippen LogP contribution in [0.4, 0.5) is 4.20 Å². The summed E-state index contributed by atoms with van der Waals surface area (Å²) in [6, 6.07) is 0. The van der Waals surface area contributed by atoms with Crippen molar-refractivity contribution in [3.8, 4) is 0 Å². The second-order valence-electron chi connectivity index (χ2n) is 3.02. The Labute approximate surface area is 70.7 Å². The molecule has 0 aromatic rings. The molecule has 11 heavy (non-hydrogen) atoms. The van der Waals surface area contributed by atoms with Gasteiger partial charge in [-0.3, -0.25) is 9.79 Å². The topological polar surface area (TPSA) is 40.5 Å². The largest absolute Gasteiger partial charge is 0.557 e. The Morgan fingerprint density at radius 1 is 1.36 bits per heavy atom. The highest BCUT2D eigenvalue weighted by atomic mass is 32.5. The Morgan fingerprint density at radius 2 is 1.82 bits per heavy atom. The van der Waals surface area contributed by atoms with Crippen LogP contribution in [0, 0.1) is 5.92 Å². The molecule has 0 aromatic carbocycles. The van der Waals surface area contributed by atoms with Gasteiger partial charge < -0.3 is 0 Å². The van der Waals surface area contributed by atoms with Crippen LogP contribution in [0.15, 0.2) is 0 Å². The SMILES string of the molecule is CC(C)CC(C)[S+]=P(O)(O)F. The third kappa shape index (κ3) is 8.41. The average molecular weight is 201 g/mol. The van der Waals surface area contributed by atoms with Gasteiger partial charge >= 0.3 is 6.80 Å². The lowest BCUT2D eigenvalue weighted by molar-refractivity contribution is 0.422. The highest BCUT2D eigenvalue weighted by Gasteiger charge is 2.27. The predicted octanol–water partition coefficient (Wildman–Crippen LogP) is 2.14. The Balaban J connectivity index is 3.97. The van der Waals surface area contributed by atoms with Crippen molar-refractivity contribution in [2.75, 3.05) is 0 Å². The Bertz CT molecular complexity index is 158. The standard InChI is InChI=1S/C6H15FO2PS/c1-5(2)4-6(3)11-10(7,8)9/h5-6,8-9H,4H2,1-3H3/q+1. The van der Waals surface area contributed by atoms with Gasteiger partial charge in [0.25, 0.3) is 0 Å². The summed E-state index contributed by atoms with van der Waals surface area (Å²) < 4.78 is 12.3. The molecule has 0 rings (SSSR count). The molecule has 2 nitrogen and oxygen atoms in total. The van der Waals surface area contributed by atoms with Gasteiger partial charge in [0.2, 0.25) is 10.9 Å². The van der Waals surface area contributed by atoms with Gasteiger partial charge in [-0.15, -0.1) is 4.20 Å². The summed E-state index contributed by atoms with van der Waals surface area (Å²) in [6.07, 6.45) is 0.803. The predicted molar refractivity (Wildman–Crippen MR) is 48.7 cm³/mol. The third-order valence-electron chi connectivity index (χ3n) is 1.12. The van der Waals surface area contributed by atoms with Crippen LogP contribution in [-0.2, 0) is 10.9 Å². The summed E-state index contributed by atoms with van der Waals surface area (Å²) in [7, 11) is 0.641. The summed E-state index contributed by atoms with van der Waals surface area (Å²) in [6.45, 7) is 1.72. The first-order chi connectivity index (χ1) is 4.81. The summed E-state index contributed by atoms with van der Waals surface area (Å²) in [5.74, 6) is 0.462. The van der Waals surface area contributed by atoms with Gasteiger partial charge in [0.05, 0.1) is 0 Å². The van der Waals surface area contributed by atoms with Crippen molar-refractivity contribution in [1.82, 2.24) is 0 Å². The Kier molecular flexibility index (Phi) is 4.71. The minimum Gasteiger partial charge on any atom is -0.286 e. The van der Waals surface area contributed by atoms with Gasteiger partial charge in [-0.25, -0.2) is 0 Å². The third-order valence-corrected chi connectivity index (χ3v) is 3.82. The molecule has 0 aliphatic rings. The fraction of sp³-hybridized carbons (Fsp3) is 1.00. The fourth-order valence-electron chi connectivity index (χ4n) is 0.936. The molecule has 0 aliphatic heterocycles. The zero-order valence-corrected chi connectivity index (χ0v) is 8.70. The highest BCUT2D eigenvalue weighted by molar-refractivity contribution is 8.17. The van der Waals surface area contributed by atoms with Gasteiger partial charge in [0.1, 0.15) is 0 Å². The quantitative estimate of drug-likeness (QED) is 0.542. The van der Waals surface area contributed by atoms with E-state index >= 15 is 0 Å². The van der Waals surface area contributed by atoms with E-state index in [1.807, 2.05) is 13.8 Å². The molecule has 0 amide bonds. The molecule has 0 fully saturated rings. The summed E-state index contributed by atoms with van der Waals surface area (Å²) >= 11 is 0. The van der Waals surface area contributed by atoms with E-state index in [0.29, 0.717) is 16.9 Å². The van der Waals surface area contributed by atoms with Gasteiger partial charge in [-0.2, -0.15) is 0 Å². The zero-order valence-electron chi connectivity index (χ0n) is 6.99. The van der Waals surface area contributed by atoms with E-state index in [1.54, 1.807) is 6.92 Å². The van der Waals surface area contributed by atoms with Crippen LogP contribution < -0.4 is 0 Å². The second kappa shape index (κ2) is 4.51. The number of hydrogen-bond donors (Lipinski definition) is 2. The molecular formula is C6H15FO2PS+. The summed E-state index contributed by atoms with van der Waals surface area (Å²) in [4.78, 5) is 16.9. The molecule has 2 N–H and O–H groups in total. The normalized spacial score (nSPS) is 15.2. The molecular weight excluding hydrogens is 186 g/mol. The van der Waals surface area contributed by atoms with Crippen LogP contribution in [0.5, 0.6) is 0 Å². The smallest absolute Gasteiger partial charge is 0.286 e. The first-order valence-corrected chi connectivity index (χ1v) is 6.61. The van der Waals surface area contributed by atoms with Gasteiger partial charge in [-0.1, -0.05) is 13.8 Å². The molecule has 0 aliphatic carbocycles. The van der Waals surface area contributed by atoms with E-state index < -0.39 is 6.80 Å². The molecule has 5 heteroatoms. The van der Waals surface area contributed by atoms with Crippen molar-refractivity contribution in [2.24, 2.45) is 5.92 Å². The maximum absolute atomic E-state index is 12.3. The molecule has 0 bridgehead atoms. The molecule has 68 valence electrons. The van der Waals surface area contributed by atoms with E-state index in [9.17, 15) is 4.20 Å².